The van der Waals surface area contributed by atoms with Gasteiger partial charge in [-0.05, 0) is 24.2 Å². The summed E-state index contributed by atoms with van der Waals surface area (Å²) in [6.07, 6.45) is 20.8. The smallest absolute Gasteiger partial charge is 0.0412 e. The van der Waals surface area contributed by atoms with Gasteiger partial charge in [0.25, 0.3) is 0 Å². The lowest BCUT2D eigenvalue weighted by Gasteiger charge is -2.19. The standard InChI is InChI=1S/C20H40/c1-18(2)17-20-15-10-8-6-4-5-7-9-13-19(3)14-11-12-16-20/h18-20H,4-17H2,1-3H3. The number of hydrogen-bond donors (Lipinski definition) is 0. The molecule has 0 nitrogen and oxygen atoms in total. The summed E-state index contributed by atoms with van der Waals surface area (Å²) in [6.45, 7) is 7.28. The Morgan fingerprint density at radius 2 is 1.05 bits per heavy atom. The van der Waals surface area contributed by atoms with Crippen LogP contribution >= 0.6 is 0 Å². The van der Waals surface area contributed by atoms with E-state index in [-0.39, 0.29) is 0 Å². The minimum absolute atomic E-state index is 0.890. The Balaban J connectivity index is 2.32. The molecule has 0 heteroatoms. The Hall–Kier alpha value is 0. The zero-order valence-corrected chi connectivity index (χ0v) is 14.6. The van der Waals surface area contributed by atoms with Gasteiger partial charge >= 0.3 is 0 Å². The van der Waals surface area contributed by atoms with Gasteiger partial charge < -0.3 is 0 Å². The first-order valence-electron chi connectivity index (χ1n) is 9.68. The predicted octanol–water partition coefficient (Wildman–Crippen LogP) is 7.37. The van der Waals surface area contributed by atoms with Crippen LogP contribution in [0.3, 0.4) is 0 Å². The molecule has 0 amide bonds. The number of rotatable bonds is 2. The number of hydrogen-bond acceptors (Lipinski definition) is 0. The topological polar surface area (TPSA) is 0 Å². The first-order chi connectivity index (χ1) is 9.68. The molecule has 0 N–H and O–H groups in total. The first kappa shape index (κ1) is 18.1. The molecule has 1 aliphatic rings. The van der Waals surface area contributed by atoms with E-state index in [1.54, 1.807) is 0 Å². The van der Waals surface area contributed by atoms with Crippen molar-refractivity contribution >= 4 is 0 Å². The Kier molecular flexibility index (Phi) is 10.5. The van der Waals surface area contributed by atoms with Crippen LogP contribution in [0.5, 0.6) is 0 Å². The molecular weight excluding hydrogens is 240 g/mol. The molecule has 0 aromatic rings. The van der Waals surface area contributed by atoms with Gasteiger partial charge in [0.1, 0.15) is 0 Å². The Labute approximate surface area is 129 Å². The van der Waals surface area contributed by atoms with Crippen LogP contribution in [0.1, 0.15) is 111 Å². The molecule has 0 saturated heterocycles. The van der Waals surface area contributed by atoms with Crippen LogP contribution in [0.2, 0.25) is 0 Å². The van der Waals surface area contributed by atoms with E-state index in [9.17, 15) is 0 Å². The molecule has 1 saturated carbocycles. The van der Waals surface area contributed by atoms with Crippen molar-refractivity contribution in [3.8, 4) is 0 Å². The van der Waals surface area contributed by atoms with Gasteiger partial charge in [0.15, 0.2) is 0 Å². The predicted molar refractivity (Wildman–Crippen MR) is 92.1 cm³/mol. The maximum Gasteiger partial charge on any atom is -0.0412 e. The fraction of sp³-hybridized carbons (Fsp3) is 1.00. The average molecular weight is 281 g/mol. The van der Waals surface area contributed by atoms with E-state index in [2.05, 4.69) is 20.8 Å². The van der Waals surface area contributed by atoms with E-state index >= 15 is 0 Å². The monoisotopic (exact) mass is 280 g/mol. The van der Waals surface area contributed by atoms with Gasteiger partial charge in [-0.2, -0.15) is 0 Å². The van der Waals surface area contributed by atoms with Crippen molar-refractivity contribution in [2.45, 2.75) is 111 Å². The van der Waals surface area contributed by atoms with E-state index in [0.29, 0.717) is 0 Å². The van der Waals surface area contributed by atoms with Crippen LogP contribution in [0, 0.1) is 17.8 Å². The second-order valence-corrected chi connectivity index (χ2v) is 7.94. The van der Waals surface area contributed by atoms with Gasteiger partial charge in [-0.1, -0.05) is 104 Å². The van der Waals surface area contributed by atoms with Crippen molar-refractivity contribution in [3.63, 3.8) is 0 Å². The third-order valence-electron chi connectivity index (χ3n) is 5.17. The van der Waals surface area contributed by atoms with Crippen molar-refractivity contribution in [2.24, 2.45) is 17.8 Å². The minimum Gasteiger partial charge on any atom is -0.0628 e. The molecule has 0 aromatic carbocycles. The fourth-order valence-corrected chi connectivity index (χ4v) is 3.93. The van der Waals surface area contributed by atoms with Crippen molar-refractivity contribution < 1.29 is 0 Å². The third-order valence-corrected chi connectivity index (χ3v) is 5.17. The molecule has 20 heavy (non-hydrogen) atoms. The lowest BCUT2D eigenvalue weighted by atomic mass is 9.87. The molecule has 0 aromatic heterocycles. The highest BCUT2D eigenvalue weighted by Crippen LogP contribution is 2.26. The molecule has 1 aliphatic carbocycles. The van der Waals surface area contributed by atoms with Crippen LogP contribution in [0.4, 0.5) is 0 Å². The Bertz CT molecular complexity index is 206. The molecule has 1 rings (SSSR count). The lowest BCUT2D eigenvalue weighted by molar-refractivity contribution is 0.334. The molecule has 2 unspecified atom stereocenters. The zero-order valence-electron chi connectivity index (χ0n) is 14.6. The van der Waals surface area contributed by atoms with Crippen LogP contribution in [0.25, 0.3) is 0 Å². The minimum atomic E-state index is 0.890. The summed E-state index contributed by atoms with van der Waals surface area (Å²) in [5.74, 6) is 2.89. The summed E-state index contributed by atoms with van der Waals surface area (Å²) in [5.41, 5.74) is 0. The Morgan fingerprint density at radius 3 is 1.60 bits per heavy atom. The largest absolute Gasteiger partial charge is 0.0628 e. The SMILES string of the molecule is CC(C)CC1CCCCCCCCCC(C)CCCC1. The molecule has 0 radical (unpaired) electrons. The summed E-state index contributed by atoms with van der Waals surface area (Å²) in [7, 11) is 0. The molecule has 2 atom stereocenters. The zero-order chi connectivity index (χ0) is 14.6. The second kappa shape index (κ2) is 11.6. The quantitative estimate of drug-likeness (QED) is 0.495. The van der Waals surface area contributed by atoms with Gasteiger partial charge in [-0.3, -0.25) is 0 Å². The van der Waals surface area contributed by atoms with Crippen molar-refractivity contribution in [3.05, 3.63) is 0 Å². The average Bonchev–Trinajstić information content (AvgIpc) is 2.40. The van der Waals surface area contributed by atoms with E-state index in [4.69, 9.17) is 0 Å². The van der Waals surface area contributed by atoms with Crippen LogP contribution in [0.15, 0.2) is 0 Å². The highest BCUT2D eigenvalue weighted by Gasteiger charge is 2.11. The van der Waals surface area contributed by atoms with Crippen molar-refractivity contribution in [2.75, 3.05) is 0 Å². The fourth-order valence-electron chi connectivity index (χ4n) is 3.93. The van der Waals surface area contributed by atoms with Crippen LogP contribution < -0.4 is 0 Å². The van der Waals surface area contributed by atoms with Crippen LogP contribution in [-0.2, 0) is 0 Å². The summed E-state index contributed by atoms with van der Waals surface area (Å²) < 4.78 is 0. The second-order valence-electron chi connectivity index (χ2n) is 7.94. The van der Waals surface area contributed by atoms with Crippen molar-refractivity contribution in [1.82, 2.24) is 0 Å². The normalized spacial score (nSPS) is 28.8. The van der Waals surface area contributed by atoms with Gasteiger partial charge in [0.05, 0.1) is 0 Å². The molecule has 0 spiro atoms. The molecule has 0 heterocycles. The molecular formula is C20H40. The van der Waals surface area contributed by atoms with E-state index in [1.165, 1.54) is 89.9 Å². The molecule has 0 bridgehead atoms. The molecule has 1 fully saturated rings. The lowest BCUT2D eigenvalue weighted by Crippen LogP contribution is -2.05. The van der Waals surface area contributed by atoms with Gasteiger partial charge in [-0.15, -0.1) is 0 Å². The van der Waals surface area contributed by atoms with E-state index in [0.717, 1.165) is 17.8 Å². The molecule has 0 aliphatic heterocycles. The maximum atomic E-state index is 2.48. The van der Waals surface area contributed by atoms with Gasteiger partial charge in [0.2, 0.25) is 0 Å². The summed E-state index contributed by atoms with van der Waals surface area (Å²) >= 11 is 0. The highest BCUT2D eigenvalue weighted by atomic mass is 14.2. The Morgan fingerprint density at radius 1 is 0.650 bits per heavy atom. The first-order valence-corrected chi connectivity index (χ1v) is 9.68. The summed E-state index contributed by atoms with van der Waals surface area (Å²) in [4.78, 5) is 0. The van der Waals surface area contributed by atoms with E-state index < -0.39 is 0 Å². The van der Waals surface area contributed by atoms with E-state index in [1.807, 2.05) is 0 Å². The van der Waals surface area contributed by atoms with Crippen LogP contribution in [-0.4, -0.2) is 0 Å². The maximum absolute atomic E-state index is 2.48. The summed E-state index contributed by atoms with van der Waals surface area (Å²) in [6, 6.07) is 0. The summed E-state index contributed by atoms with van der Waals surface area (Å²) in [5, 5.41) is 0. The highest BCUT2D eigenvalue weighted by molar-refractivity contribution is 4.64. The van der Waals surface area contributed by atoms with Gasteiger partial charge in [0, 0.05) is 0 Å². The third kappa shape index (κ3) is 9.83. The van der Waals surface area contributed by atoms with Gasteiger partial charge in [-0.25, -0.2) is 0 Å². The van der Waals surface area contributed by atoms with Crippen molar-refractivity contribution in [1.29, 1.82) is 0 Å². The molecule has 120 valence electrons.